The molecule has 3 heterocycles. The first-order valence-corrected chi connectivity index (χ1v) is 10.0. The molecule has 0 aliphatic carbocycles. The Kier molecular flexibility index (Phi) is 5.17. The molecule has 0 radical (unpaired) electrons. The third-order valence-electron chi connectivity index (χ3n) is 4.60. The van der Waals surface area contributed by atoms with Crippen LogP contribution in [0.1, 0.15) is 12.2 Å². The summed E-state index contributed by atoms with van der Waals surface area (Å²) in [6.45, 7) is 5.15. The van der Waals surface area contributed by atoms with Crippen molar-refractivity contribution in [3.63, 3.8) is 0 Å². The van der Waals surface area contributed by atoms with Gasteiger partial charge in [-0.05, 0) is 24.6 Å². The van der Waals surface area contributed by atoms with Crippen LogP contribution in [0.4, 0.5) is 0 Å². The van der Waals surface area contributed by atoms with Crippen molar-refractivity contribution in [3.05, 3.63) is 39.5 Å². The van der Waals surface area contributed by atoms with Crippen LogP contribution in [0.15, 0.2) is 27.9 Å². The molecule has 134 valence electrons. The van der Waals surface area contributed by atoms with Gasteiger partial charge in [-0.15, -0.1) is 11.8 Å². The Hall–Kier alpha value is -1.28. The fourth-order valence-corrected chi connectivity index (χ4v) is 4.44. The minimum absolute atomic E-state index is 0.0667. The Labute approximate surface area is 155 Å². The summed E-state index contributed by atoms with van der Waals surface area (Å²) in [5.74, 6) is 1.74. The van der Waals surface area contributed by atoms with E-state index in [1.165, 1.54) is 0 Å². The smallest absolute Gasteiger partial charge is 0.350 e. The van der Waals surface area contributed by atoms with Crippen LogP contribution in [-0.2, 0) is 17.7 Å². The molecule has 0 atom stereocenters. The molecule has 2 aromatic rings. The maximum Gasteiger partial charge on any atom is 0.350 e. The van der Waals surface area contributed by atoms with Crippen LogP contribution in [0.3, 0.4) is 0 Å². The van der Waals surface area contributed by atoms with Crippen molar-refractivity contribution >= 4 is 23.4 Å². The molecular formula is C17H21ClN4O2S. The first-order valence-electron chi connectivity index (χ1n) is 8.64. The SMILES string of the molecule is O=c1n(CCCN2CCOCC2)nc2n1-c1cc(Cl)ccc1SCC2. The van der Waals surface area contributed by atoms with Crippen LogP contribution >= 0.6 is 23.4 Å². The van der Waals surface area contributed by atoms with Crippen molar-refractivity contribution < 1.29 is 4.74 Å². The summed E-state index contributed by atoms with van der Waals surface area (Å²) in [4.78, 5) is 16.4. The average Bonchev–Trinajstić information content (AvgIpc) is 2.82. The molecule has 8 heteroatoms. The summed E-state index contributed by atoms with van der Waals surface area (Å²) < 4.78 is 8.71. The number of fused-ring (bicyclic) bond motifs is 3. The molecule has 0 unspecified atom stereocenters. The quantitative estimate of drug-likeness (QED) is 0.812. The summed E-state index contributed by atoms with van der Waals surface area (Å²) in [5.41, 5.74) is 0.789. The molecule has 0 bridgehead atoms. The lowest BCUT2D eigenvalue weighted by Crippen LogP contribution is -2.37. The first-order chi connectivity index (χ1) is 12.2. The molecule has 4 rings (SSSR count). The number of aromatic nitrogens is 3. The number of nitrogens with zero attached hydrogens (tertiary/aromatic N) is 4. The van der Waals surface area contributed by atoms with Gasteiger partial charge in [-0.1, -0.05) is 11.6 Å². The van der Waals surface area contributed by atoms with E-state index in [1.54, 1.807) is 21.0 Å². The largest absolute Gasteiger partial charge is 0.379 e. The van der Waals surface area contributed by atoms with Gasteiger partial charge in [0, 0.05) is 48.3 Å². The zero-order chi connectivity index (χ0) is 17.2. The van der Waals surface area contributed by atoms with E-state index in [0.717, 1.165) is 67.8 Å². The van der Waals surface area contributed by atoms with Gasteiger partial charge >= 0.3 is 5.69 Å². The summed E-state index contributed by atoms with van der Waals surface area (Å²) in [6.07, 6.45) is 1.69. The van der Waals surface area contributed by atoms with E-state index < -0.39 is 0 Å². The Morgan fingerprint density at radius 3 is 2.92 bits per heavy atom. The van der Waals surface area contributed by atoms with Gasteiger partial charge in [0.15, 0.2) is 0 Å². The van der Waals surface area contributed by atoms with Gasteiger partial charge in [0.25, 0.3) is 0 Å². The number of hydrogen-bond donors (Lipinski definition) is 0. The zero-order valence-corrected chi connectivity index (χ0v) is 15.6. The highest BCUT2D eigenvalue weighted by molar-refractivity contribution is 7.99. The molecule has 0 saturated carbocycles. The van der Waals surface area contributed by atoms with E-state index >= 15 is 0 Å². The lowest BCUT2D eigenvalue weighted by molar-refractivity contribution is 0.0368. The van der Waals surface area contributed by atoms with E-state index in [0.29, 0.717) is 11.6 Å². The Bertz CT molecular complexity index is 813. The normalized spacial score (nSPS) is 17.8. The van der Waals surface area contributed by atoms with Gasteiger partial charge < -0.3 is 4.74 Å². The third kappa shape index (κ3) is 3.65. The average molecular weight is 381 g/mol. The van der Waals surface area contributed by atoms with Crippen LogP contribution in [0.25, 0.3) is 5.69 Å². The highest BCUT2D eigenvalue weighted by Gasteiger charge is 2.21. The topological polar surface area (TPSA) is 52.3 Å². The minimum Gasteiger partial charge on any atom is -0.379 e. The van der Waals surface area contributed by atoms with Crippen molar-refractivity contribution in [2.24, 2.45) is 0 Å². The number of thioether (sulfide) groups is 1. The molecule has 0 N–H and O–H groups in total. The number of aryl methyl sites for hydroxylation is 2. The molecule has 1 saturated heterocycles. The second-order valence-electron chi connectivity index (χ2n) is 6.28. The molecule has 1 aromatic heterocycles. The summed E-state index contributed by atoms with van der Waals surface area (Å²) in [7, 11) is 0. The maximum atomic E-state index is 12.9. The van der Waals surface area contributed by atoms with Gasteiger partial charge in [-0.2, -0.15) is 5.10 Å². The molecule has 6 nitrogen and oxygen atoms in total. The standard InChI is InChI=1S/C17H21ClN4O2S/c18-13-2-3-15-14(12-13)22-16(4-11-25-15)19-21(17(22)23)6-1-5-20-7-9-24-10-8-20/h2-3,12H,1,4-11H2. The first kappa shape index (κ1) is 17.1. The number of hydrogen-bond acceptors (Lipinski definition) is 5. The Morgan fingerprint density at radius 1 is 1.24 bits per heavy atom. The van der Waals surface area contributed by atoms with E-state index in [9.17, 15) is 4.79 Å². The van der Waals surface area contributed by atoms with Gasteiger partial charge in [0.2, 0.25) is 0 Å². The van der Waals surface area contributed by atoms with Gasteiger partial charge in [-0.3, -0.25) is 4.90 Å². The van der Waals surface area contributed by atoms with Crippen molar-refractivity contribution in [1.82, 2.24) is 19.2 Å². The van der Waals surface area contributed by atoms with Crippen LogP contribution in [0.5, 0.6) is 0 Å². The van der Waals surface area contributed by atoms with Crippen LogP contribution < -0.4 is 5.69 Å². The molecule has 2 aliphatic heterocycles. The fraction of sp³-hybridized carbons (Fsp3) is 0.529. The fourth-order valence-electron chi connectivity index (χ4n) is 3.31. The molecule has 0 amide bonds. The predicted octanol–water partition coefficient (Wildman–Crippen LogP) is 2.06. The third-order valence-corrected chi connectivity index (χ3v) is 5.90. The lowest BCUT2D eigenvalue weighted by atomic mass is 10.3. The Morgan fingerprint density at radius 2 is 2.08 bits per heavy atom. The highest BCUT2D eigenvalue weighted by atomic mass is 35.5. The molecule has 2 aliphatic rings. The van der Waals surface area contributed by atoms with E-state index in [2.05, 4.69) is 10.00 Å². The zero-order valence-electron chi connectivity index (χ0n) is 14.0. The van der Waals surface area contributed by atoms with Gasteiger partial charge in [0.1, 0.15) is 5.82 Å². The Balaban J connectivity index is 1.55. The second kappa shape index (κ2) is 7.53. The number of halogens is 1. The highest BCUT2D eigenvalue weighted by Crippen LogP contribution is 2.31. The maximum absolute atomic E-state index is 12.9. The number of morpholine rings is 1. The minimum atomic E-state index is -0.0667. The van der Waals surface area contributed by atoms with Crippen LogP contribution in [-0.4, -0.2) is 57.8 Å². The molecule has 1 fully saturated rings. The number of ether oxygens (including phenoxy) is 1. The van der Waals surface area contributed by atoms with Gasteiger partial charge in [0.05, 0.1) is 18.9 Å². The number of rotatable bonds is 4. The van der Waals surface area contributed by atoms with Crippen LogP contribution in [0.2, 0.25) is 5.02 Å². The van der Waals surface area contributed by atoms with E-state index in [1.807, 2.05) is 18.2 Å². The van der Waals surface area contributed by atoms with E-state index in [-0.39, 0.29) is 5.69 Å². The summed E-state index contributed by atoms with van der Waals surface area (Å²) in [5, 5.41) is 5.23. The molecule has 0 spiro atoms. The summed E-state index contributed by atoms with van der Waals surface area (Å²) in [6, 6.07) is 5.72. The van der Waals surface area contributed by atoms with E-state index in [4.69, 9.17) is 16.3 Å². The number of benzene rings is 1. The van der Waals surface area contributed by atoms with Crippen molar-refractivity contribution in [3.8, 4) is 5.69 Å². The van der Waals surface area contributed by atoms with Gasteiger partial charge in [-0.25, -0.2) is 14.0 Å². The van der Waals surface area contributed by atoms with Crippen LogP contribution in [0, 0.1) is 0 Å². The van der Waals surface area contributed by atoms with Crippen molar-refractivity contribution in [2.75, 3.05) is 38.6 Å². The van der Waals surface area contributed by atoms with Crippen molar-refractivity contribution in [1.29, 1.82) is 0 Å². The molecular weight excluding hydrogens is 360 g/mol. The second-order valence-corrected chi connectivity index (χ2v) is 7.85. The predicted molar refractivity (Wildman–Crippen MR) is 99.1 cm³/mol. The summed E-state index contributed by atoms with van der Waals surface area (Å²) >= 11 is 7.90. The monoisotopic (exact) mass is 380 g/mol. The van der Waals surface area contributed by atoms with Crippen molar-refractivity contribution in [2.45, 2.75) is 24.3 Å². The molecule has 25 heavy (non-hydrogen) atoms. The molecule has 1 aromatic carbocycles. The lowest BCUT2D eigenvalue weighted by Gasteiger charge is -2.26.